The van der Waals surface area contributed by atoms with E-state index in [2.05, 4.69) is 290 Å². The Morgan fingerprint density at radius 3 is 0.803 bits per heavy atom. The van der Waals surface area contributed by atoms with Gasteiger partial charge in [-0.2, -0.15) is 0 Å². The van der Waals surface area contributed by atoms with Gasteiger partial charge in [-0.05, 0) is 171 Å². The highest BCUT2D eigenvalue weighted by atomic mass is 15.1. The normalized spacial score (nSPS) is 14.9. The van der Waals surface area contributed by atoms with E-state index in [-0.39, 0.29) is 0 Å². The molecule has 0 atom stereocenters. The van der Waals surface area contributed by atoms with Gasteiger partial charge in [0, 0.05) is 17.1 Å². The molecule has 5 aliphatic carbocycles. The van der Waals surface area contributed by atoms with Gasteiger partial charge in [0.05, 0.1) is 16.2 Å². The molecule has 5 aliphatic rings. The lowest BCUT2D eigenvalue weighted by molar-refractivity contribution is 0.758. The molecule has 1 nitrogen and oxygen atoms in total. The van der Waals surface area contributed by atoms with Gasteiger partial charge in [0.25, 0.3) is 0 Å². The maximum absolute atomic E-state index is 2.60. The first kappa shape index (κ1) is 41.9. The Balaban J connectivity index is 0.982. The van der Waals surface area contributed by atoms with Crippen LogP contribution in [0, 0.1) is 0 Å². The standard InChI is InChI=1S/C75H47N/c1-3-21-50(22-4-1)76(51-23-5-2-6-24-51)52-41-42-60-57-29-7-14-32-63(57)73(72(60)47-52,48-39-43-70-61(45-48)58-30-12-19-37-68(58)74(70)64-33-15-8-25-53(64)54-26-9-16-34-65(54)74)49-40-44-71-62(46-49)59-31-13-20-38-69(59)75(71)66-35-17-10-27-55(66)56-28-11-18-36-67(56)75/h1-47H. The summed E-state index contributed by atoms with van der Waals surface area (Å²) in [6.45, 7) is 0. The highest BCUT2D eigenvalue weighted by Gasteiger charge is 2.55. The minimum absolute atomic E-state index is 0.450. The van der Waals surface area contributed by atoms with Crippen LogP contribution < -0.4 is 4.90 Å². The van der Waals surface area contributed by atoms with Crippen LogP contribution in [-0.2, 0) is 16.2 Å². The predicted octanol–water partition coefficient (Wildman–Crippen LogP) is 18.2. The molecule has 0 radical (unpaired) electrons. The van der Waals surface area contributed by atoms with E-state index in [1.165, 1.54) is 122 Å². The number of nitrogens with zero attached hydrogens (tertiary/aromatic N) is 1. The van der Waals surface area contributed by atoms with E-state index in [0.717, 1.165) is 17.1 Å². The Bertz CT molecular complexity index is 4100. The van der Waals surface area contributed by atoms with Gasteiger partial charge < -0.3 is 4.90 Å². The van der Waals surface area contributed by atoms with Crippen molar-refractivity contribution in [1.29, 1.82) is 0 Å². The molecule has 12 aromatic rings. The second-order valence-electron chi connectivity index (χ2n) is 21.3. The number of benzene rings is 12. The molecule has 0 unspecified atom stereocenters. The van der Waals surface area contributed by atoms with Crippen LogP contribution in [0.1, 0.15) is 66.8 Å². The first-order valence-electron chi connectivity index (χ1n) is 26.7. The van der Waals surface area contributed by atoms with Crippen LogP contribution in [0.4, 0.5) is 17.1 Å². The lowest BCUT2D eigenvalue weighted by Gasteiger charge is -2.36. The van der Waals surface area contributed by atoms with E-state index in [9.17, 15) is 0 Å². The average Bonchev–Trinajstić information content (AvgIpc) is 4.33. The molecule has 0 heterocycles. The van der Waals surface area contributed by atoms with Crippen molar-refractivity contribution in [2.24, 2.45) is 0 Å². The molecule has 0 amide bonds. The first-order valence-corrected chi connectivity index (χ1v) is 26.7. The van der Waals surface area contributed by atoms with Crippen molar-refractivity contribution in [1.82, 2.24) is 0 Å². The monoisotopic (exact) mass is 961 g/mol. The molecular weight excluding hydrogens is 915 g/mol. The Hall–Kier alpha value is -9.56. The molecule has 0 fully saturated rings. The van der Waals surface area contributed by atoms with Crippen LogP contribution in [0.2, 0.25) is 0 Å². The molecule has 17 rings (SSSR count). The molecule has 2 spiro atoms. The number of fused-ring (bicyclic) bond motifs is 23. The molecule has 0 N–H and O–H groups in total. The summed E-state index contributed by atoms with van der Waals surface area (Å²) in [7, 11) is 0. The lowest BCUT2D eigenvalue weighted by atomic mass is 9.65. The summed E-state index contributed by atoms with van der Waals surface area (Å²) >= 11 is 0. The average molecular weight is 962 g/mol. The van der Waals surface area contributed by atoms with Crippen LogP contribution in [0.25, 0.3) is 55.6 Å². The number of anilines is 3. The number of hydrogen-bond acceptors (Lipinski definition) is 1. The Morgan fingerprint density at radius 1 is 0.171 bits per heavy atom. The molecule has 0 bridgehead atoms. The van der Waals surface area contributed by atoms with Gasteiger partial charge in [0.2, 0.25) is 0 Å². The quantitative estimate of drug-likeness (QED) is 0.166. The van der Waals surface area contributed by atoms with Crippen molar-refractivity contribution < 1.29 is 0 Å². The van der Waals surface area contributed by atoms with Gasteiger partial charge in [-0.1, -0.05) is 237 Å². The maximum atomic E-state index is 2.60. The molecule has 0 saturated carbocycles. The van der Waals surface area contributed by atoms with E-state index in [1.807, 2.05) is 0 Å². The smallest absolute Gasteiger partial charge is 0.0725 e. The molecule has 1 heteroatoms. The second kappa shape index (κ2) is 15.3. The summed E-state index contributed by atoms with van der Waals surface area (Å²) in [5.41, 5.74) is 30.6. The van der Waals surface area contributed by atoms with E-state index < -0.39 is 16.2 Å². The Kier molecular flexibility index (Phi) is 8.41. The fraction of sp³-hybridized carbons (Fsp3) is 0.0400. The maximum Gasteiger partial charge on any atom is 0.0725 e. The summed E-state index contributed by atoms with van der Waals surface area (Å²) in [6, 6.07) is 108. The predicted molar refractivity (Wildman–Crippen MR) is 311 cm³/mol. The molecule has 0 saturated heterocycles. The third kappa shape index (κ3) is 5.06. The Morgan fingerprint density at radius 2 is 0.447 bits per heavy atom. The van der Waals surface area contributed by atoms with Crippen molar-refractivity contribution in [2.75, 3.05) is 4.90 Å². The molecular formula is C75H47N. The molecule has 76 heavy (non-hydrogen) atoms. The zero-order valence-electron chi connectivity index (χ0n) is 41.6. The molecule has 0 aromatic heterocycles. The van der Waals surface area contributed by atoms with Gasteiger partial charge in [0.1, 0.15) is 0 Å². The van der Waals surface area contributed by atoms with Crippen LogP contribution in [-0.4, -0.2) is 0 Å². The van der Waals surface area contributed by atoms with E-state index in [0.29, 0.717) is 0 Å². The molecule has 352 valence electrons. The Labute approximate surface area is 443 Å². The van der Waals surface area contributed by atoms with Crippen molar-refractivity contribution in [3.63, 3.8) is 0 Å². The molecule has 0 aliphatic heterocycles. The van der Waals surface area contributed by atoms with Gasteiger partial charge in [0.15, 0.2) is 0 Å². The zero-order chi connectivity index (χ0) is 49.7. The minimum Gasteiger partial charge on any atom is -0.310 e. The minimum atomic E-state index is -0.739. The van der Waals surface area contributed by atoms with Crippen LogP contribution >= 0.6 is 0 Å². The van der Waals surface area contributed by atoms with E-state index in [1.54, 1.807) is 0 Å². The fourth-order valence-electron chi connectivity index (χ4n) is 15.5. The highest BCUT2D eigenvalue weighted by molar-refractivity contribution is 5.99. The van der Waals surface area contributed by atoms with Crippen molar-refractivity contribution in [3.05, 3.63) is 352 Å². The number of rotatable bonds is 5. The summed E-state index contributed by atoms with van der Waals surface area (Å²) in [5.74, 6) is 0. The highest BCUT2D eigenvalue weighted by Crippen LogP contribution is 2.67. The van der Waals surface area contributed by atoms with Gasteiger partial charge >= 0.3 is 0 Å². The summed E-state index contributed by atoms with van der Waals surface area (Å²) in [4.78, 5) is 2.42. The van der Waals surface area contributed by atoms with Crippen LogP contribution in [0.5, 0.6) is 0 Å². The van der Waals surface area contributed by atoms with Crippen molar-refractivity contribution in [3.8, 4) is 55.6 Å². The van der Waals surface area contributed by atoms with E-state index in [4.69, 9.17) is 0 Å². The fourth-order valence-corrected chi connectivity index (χ4v) is 15.5. The molecule has 12 aromatic carbocycles. The third-order valence-electron chi connectivity index (χ3n) is 18.2. The van der Waals surface area contributed by atoms with Gasteiger partial charge in [-0.25, -0.2) is 0 Å². The van der Waals surface area contributed by atoms with E-state index >= 15 is 0 Å². The van der Waals surface area contributed by atoms with Crippen LogP contribution in [0.3, 0.4) is 0 Å². The second-order valence-corrected chi connectivity index (χ2v) is 21.3. The summed E-state index contributed by atoms with van der Waals surface area (Å²) in [6.07, 6.45) is 0. The number of para-hydroxylation sites is 2. The SMILES string of the molecule is c1ccc(N(c2ccccc2)c2ccc3c(c2)C(c2ccc4c(c2)-c2ccccc2C42c4ccccc4-c4ccccc42)(c2ccc4c(c2)-c2ccccc2C42c4ccccc4-c4ccccc42)c2ccccc2-3)cc1. The van der Waals surface area contributed by atoms with Gasteiger partial charge in [-0.3, -0.25) is 0 Å². The summed E-state index contributed by atoms with van der Waals surface area (Å²) < 4.78 is 0. The largest absolute Gasteiger partial charge is 0.310 e. The van der Waals surface area contributed by atoms with Crippen LogP contribution in [0.15, 0.2) is 285 Å². The summed E-state index contributed by atoms with van der Waals surface area (Å²) in [5, 5.41) is 0. The number of hydrogen-bond donors (Lipinski definition) is 0. The lowest BCUT2D eigenvalue weighted by Crippen LogP contribution is -2.30. The first-order chi connectivity index (χ1) is 37.7. The topological polar surface area (TPSA) is 3.24 Å². The van der Waals surface area contributed by atoms with Gasteiger partial charge in [-0.15, -0.1) is 0 Å². The van der Waals surface area contributed by atoms with Crippen molar-refractivity contribution in [2.45, 2.75) is 16.2 Å². The third-order valence-corrected chi connectivity index (χ3v) is 18.2. The van der Waals surface area contributed by atoms with Crippen molar-refractivity contribution >= 4 is 17.1 Å². The zero-order valence-corrected chi connectivity index (χ0v) is 41.6.